The van der Waals surface area contributed by atoms with Crippen LogP contribution < -0.4 is 10.2 Å². The molecule has 0 atom stereocenters. The van der Waals surface area contributed by atoms with Crippen molar-refractivity contribution in [3.05, 3.63) is 53.1 Å². The number of aryl methyl sites for hydroxylation is 2. The zero-order valence-corrected chi connectivity index (χ0v) is 17.2. The second-order valence-electron chi connectivity index (χ2n) is 7.65. The van der Waals surface area contributed by atoms with Crippen molar-refractivity contribution in [2.45, 2.75) is 26.8 Å². The highest BCUT2D eigenvalue weighted by molar-refractivity contribution is 5.93. The van der Waals surface area contributed by atoms with Gasteiger partial charge in [-0.15, -0.1) is 0 Å². The van der Waals surface area contributed by atoms with Crippen LogP contribution in [0.1, 0.15) is 33.9 Å². The number of likely N-dealkylation sites (N-methyl/N-ethyl adjacent to an activating group) is 1. The van der Waals surface area contributed by atoms with Gasteiger partial charge in [0.05, 0.1) is 0 Å². The van der Waals surface area contributed by atoms with E-state index in [4.69, 9.17) is 0 Å². The summed E-state index contributed by atoms with van der Waals surface area (Å²) in [5.74, 6) is 0.740. The first kappa shape index (κ1) is 19.3. The molecule has 3 aromatic heterocycles. The van der Waals surface area contributed by atoms with E-state index in [0.29, 0.717) is 17.9 Å². The van der Waals surface area contributed by atoms with Crippen LogP contribution in [0.4, 0.5) is 5.82 Å². The molecule has 0 unspecified atom stereocenters. The van der Waals surface area contributed by atoms with Gasteiger partial charge in [0.25, 0.3) is 5.91 Å². The number of nitrogens with zero attached hydrogens (tertiary/aromatic N) is 6. The van der Waals surface area contributed by atoms with E-state index in [2.05, 4.69) is 37.2 Å². The summed E-state index contributed by atoms with van der Waals surface area (Å²) in [5.41, 5.74) is 3.92. The smallest absolute Gasteiger partial charge is 0.272 e. The zero-order chi connectivity index (χ0) is 20.4. The average Bonchev–Trinajstić information content (AvgIpc) is 3.02. The van der Waals surface area contributed by atoms with E-state index in [-0.39, 0.29) is 5.91 Å². The predicted molar refractivity (Wildman–Crippen MR) is 112 cm³/mol. The molecule has 152 valence electrons. The number of carbonyl (C=O) groups is 1. The highest BCUT2D eigenvalue weighted by Crippen LogP contribution is 2.19. The number of pyridine rings is 1. The molecule has 8 nitrogen and oxygen atoms in total. The topological polar surface area (TPSA) is 78.7 Å². The minimum absolute atomic E-state index is 0.210. The third kappa shape index (κ3) is 4.22. The van der Waals surface area contributed by atoms with Gasteiger partial charge in [-0.3, -0.25) is 4.79 Å². The van der Waals surface area contributed by atoms with Crippen LogP contribution >= 0.6 is 0 Å². The Morgan fingerprint density at radius 1 is 1.17 bits per heavy atom. The molecule has 3 aromatic rings. The maximum Gasteiger partial charge on any atom is 0.272 e. The molecule has 0 spiro atoms. The molecule has 1 amide bonds. The van der Waals surface area contributed by atoms with Crippen LogP contribution in [-0.2, 0) is 6.54 Å². The first-order valence-electron chi connectivity index (χ1n) is 10.0. The molecule has 0 aromatic carbocycles. The fourth-order valence-electron chi connectivity index (χ4n) is 3.78. The lowest BCUT2D eigenvalue weighted by molar-refractivity contribution is 0.0945. The summed E-state index contributed by atoms with van der Waals surface area (Å²) < 4.78 is 1.70. The minimum Gasteiger partial charge on any atom is -0.355 e. The van der Waals surface area contributed by atoms with Crippen LogP contribution in [0.15, 0.2) is 30.5 Å². The Labute approximate surface area is 170 Å². The molecule has 1 aliphatic heterocycles. The summed E-state index contributed by atoms with van der Waals surface area (Å²) in [6.45, 7) is 8.31. The van der Waals surface area contributed by atoms with Crippen molar-refractivity contribution in [1.29, 1.82) is 0 Å². The van der Waals surface area contributed by atoms with Gasteiger partial charge < -0.3 is 15.1 Å². The van der Waals surface area contributed by atoms with Crippen LogP contribution in [-0.4, -0.2) is 63.6 Å². The molecule has 0 aliphatic carbocycles. The fourth-order valence-corrected chi connectivity index (χ4v) is 3.78. The average molecular weight is 393 g/mol. The summed E-state index contributed by atoms with van der Waals surface area (Å²) in [6.07, 6.45) is 2.92. The summed E-state index contributed by atoms with van der Waals surface area (Å²) >= 11 is 0. The number of aromatic nitrogens is 4. The quantitative estimate of drug-likeness (QED) is 0.728. The van der Waals surface area contributed by atoms with Crippen molar-refractivity contribution in [2.75, 3.05) is 38.1 Å². The van der Waals surface area contributed by atoms with E-state index in [1.54, 1.807) is 10.6 Å². The predicted octanol–water partition coefficient (Wildman–Crippen LogP) is 1.81. The SMILES string of the molecule is Cc1cc(C)n2nc(C(=O)NCc3cccnc3N3CCCN(C)CC3)cc2n1. The lowest BCUT2D eigenvalue weighted by atomic mass is 10.2. The first-order chi connectivity index (χ1) is 14.0. The van der Waals surface area contributed by atoms with Gasteiger partial charge in [-0.05, 0) is 46.0 Å². The second-order valence-corrected chi connectivity index (χ2v) is 7.65. The summed E-state index contributed by atoms with van der Waals surface area (Å²) in [5, 5.41) is 7.40. The van der Waals surface area contributed by atoms with Gasteiger partial charge in [-0.25, -0.2) is 14.5 Å². The Bertz CT molecular complexity index is 1030. The Hall–Kier alpha value is -3.00. The van der Waals surface area contributed by atoms with Crippen molar-refractivity contribution in [3.63, 3.8) is 0 Å². The number of rotatable bonds is 4. The summed E-state index contributed by atoms with van der Waals surface area (Å²) in [7, 11) is 2.15. The van der Waals surface area contributed by atoms with Gasteiger partial charge in [-0.2, -0.15) is 5.10 Å². The lowest BCUT2D eigenvalue weighted by Gasteiger charge is -2.24. The van der Waals surface area contributed by atoms with Crippen LogP contribution in [0.5, 0.6) is 0 Å². The van der Waals surface area contributed by atoms with E-state index in [9.17, 15) is 4.79 Å². The number of carbonyl (C=O) groups excluding carboxylic acids is 1. The number of anilines is 1. The van der Waals surface area contributed by atoms with E-state index >= 15 is 0 Å². The molecule has 29 heavy (non-hydrogen) atoms. The molecule has 4 rings (SSSR count). The monoisotopic (exact) mass is 393 g/mol. The van der Waals surface area contributed by atoms with Crippen molar-refractivity contribution < 1.29 is 4.79 Å². The van der Waals surface area contributed by atoms with Gasteiger partial charge >= 0.3 is 0 Å². The van der Waals surface area contributed by atoms with Crippen molar-refractivity contribution in [3.8, 4) is 0 Å². The molecule has 0 radical (unpaired) electrons. The Morgan fingerprint density at radius 2 is 2.03 bits per heavy atom. The van der Waals surface area contributed by atoms with E-state index in [0.717, 1.165) is 55.4 Å². The largest absolute Gasteiger partial charge is 0.355 e. The van der Waals surface area contributed by atoms with Gasteiger partial charge in [0.15, 0.2) is 11.3 Å². The Kier molecular flexibility index (Phi) is 5.44. The lowest BCUT2D eigenvalue weighted by Crippen LogP contribution is -2.31. The summed E-state index contributed by atoms with van der Waals surface area (Å²) in [4.78, 5) is 26.4. The molecule has 4 heterocycles. The third-order valence-electron chi connectivity index (χ3n) is 5.29. The minimum atomic E-state index is -0.210. The number of hydrogen-bond donors (Lipinski definition) is 1. The van der Waals surface area contributed by atoms with Crippen LogP contribution in [0.25, 0.3) is 5.65 Å². The van der Waals surface area contributed by atoms with E-state index in [1.165, 1.54) is 0 Å². The molecule has 0 saturated carbocycles. The number of amides is 1. The zero-order valence-electron chi connectivity index (χ0n) is 17.2. The van der Waals surface area contributed by atoms with Crippen LogP contribution in [0.3, 0.4) is 0 Å². The normalized spacial score (nSPS) is 15.5. The van der Waals surface area contributed by atoms with Crippen molar-refractivity contribution >= 4 is 17.4 Å². The molecule has 1 N–H and O–H groups in total. The molecule has 8 heteroatoms. The van der Waals surface area contributed by atoms with Crippen molar-refractivity contribution in [2.24, 2.45) is 0 Å². The van der Waals surface area contributed by atoms with Crippen LogP contribution in [0.2, 0.25) is 0 Å². The molecular weight excluding hydrogens is 366 g/mol. The highest BCUT2D eigenvalue weighted by Gasteiger charge is 2.18. The van der Waals surface area contributed by atoms with E-state index in [1.807, 2.05) is 38.2 Å². The van der Waals surface area contributed by atoms with Gasteiger partial charge in [0, 0.05) is 55.4 Å². The van der Waals surface area contributed by atoms with E-state index < -0.39 is 0 Å². The van der Waals surface area contributed by atoms with Gasteiger partial charge in [0.2, 0.25) is 0 Å². The number of nitrogens with one attached hydrogen (secondary N) is 1. The molecule has 1 aliphatic rings. The van der Waals surface area contributed by atoms with Crippen molar-refractivity contribution in [1.82, 2.24) is 29.8 Å². The third-order valence-corrected chi connectivity index (χ3v) is 5.29. The first-order valence-corrected chi connectivity index (χ1v) is 10.0. The maximum absolute atomic E-state index is 12.7. The maximum atomic E-state index is 12.7. The van der Waals surface area contributed by atoms with Gasteiger partial charge in [-0.1, -0.05) is 6.07 Å². The molecule has 1 fully saturated rings. The van der Waals surface area contributed by atoms with Crippen LogP contribution in [0, 0.1) is 13.8 Å². The molecular formula is C21H27N7O. The highest BCUT2D eigenvalue weighted by atomic mass is 16.1. The Morgan fingerprint density at radius 3 is 2.90 bits per heavy atom. The number of fused-ring (bicyclic) bond motifs is 1. The van der Waals surface area contributed by atoms with Gasteiger partial charge in [0.1, 0.15) is 5.82 Å². The fraction of sp³-hybridized carbons (Fsp3) is 0.429. The second kappa shape index (κ2) is 8.16. The Balaban J connectivity index is 1.49. The summed E-state index contributed by atoms with van der Waals surface area (Å²) in [6, 6.07) is 7.61. The molecule has 0 bridgehead atoms. The standard InChI is InChI=1S/C21H27N7O/c1-15-12-16(2)28-19(24-15)13-18(25-28)21(29)23-14-17-6-4-7-22-20(17)27-9-5-8-26(3)10-11-27/h4,6-7,12-13H,5,8-11,14H2,1-3H3,(H,23,29). The molecule has 1 saturated heterocycles. The number of hydrogen-bond acceptors (Lipinski definition) is 6.